The summed E-state index contributed by atoms with van der Waals surface area (Å²) in [5.41, 5.74) is 1.85. The highest BCUT2D eigenvalue weighted by Gasteiger charge is 2.43. The number of carbonyl (C=O) groups excluding carboxylic acids is 2. The monoisotopic (exact) mass is 492 g/mol. The molecule has 9 heteroatoms. The van der Waals surface area contributed by atoms with Crippen LogP contribution in [-0.2, 0) is 14.4 Å². The van der Waals surface area contributed by atoms with Crippen molar-refractivity contribution in [2.24, 2.45) is 5.41 Å². The Morgan fingerprint density at radius 2 is 1.74 bits per heavy atom. The van der Waals surface area contributed by atoms with Crippen LogP contribution in [0.1, 0.15) is 46.5 Å². The number of halogens is 3. The summed E-state index contributed by atoms with van der Waals surface area (Å²) in [6, 6.07) is 14.2. The lowest BCUT2D eigenvalue weighted by Gasteiger charge is -2.34. The van der Waals surface area contributed by atoms with E-state index in [1.165, 1.54) is 12.1 Å². The maximum Gasteiger partial charge on any atom is 0.493 e. The molecule has 0 radical (unpaired) electrons. The van der Waals surface area contributed by atoms with Crippen molar-refractivity contribution in [3.05, 3.63) is 48.5 Å². The molecule has 1 aliphatic carbocycles. The molecule has 0 saturated heterocycles. The van der Waals surface area contributed by atoms with Crippen LogP contribution in [0.15, 0.2) is 48.5 Å². The van der Waals surface area contributed by atoms with E-state index in [4.69, 9.17) is 4.74 Å². The fraction of sp³-hybridized carbons (Fsp3) is 0.462. The van der Waals surface area contributed by atoms with Crippen molar-refractivity contribution in [2.45, 2.75) is 58.7 Å². The number of ether oxygens (including phenoxy) is 1. The van der Waals surface area contributed by atoms with E-state index < -0.39 is 18.1 Å². The molecule has 1 N–H and O–H groups in total. The highest BCUT2D eigenvalue weighted by atomic mass is 19.4. The van der Waals surface area contributed by atoms with Gasteiger partial charge in [0.15, 0.2) is 0 Å². The third-order valence-electron chi connectivity index (χ3n) is 6.11. The summed E-state index contributed by atoms with van der Waals surface area (Å²) >= 11 is 0. The molecule has 0 spiro atoms. The minimum atomic E-state index is -5.24. The number of rotatable bonds is 7. The van der Waals surface area contributed by atoms with E-state index in [1.54, 1.807) is 6.07 Å². The molecule has 0 atom stereocenters. The highest BCUT2D eigenvalue weighted by molar-refractivity contribution is 5.93. The molecule has 2 aromatic carbocycles. The predicted molar refractivity (Wildman–Crippen MR) is 127 cm³/mol. The molecule has 3 rings (SSSR count). The molecule has 0 aromatic heterocycles. The number of benzene rings is 2. The Kier molecular flexibility index (Phi) is 8.43. The number of hydrogen-bond donors (Lipinski definition) is 1. The van der Waals surface area contributed by atoms with E-state index in [2.05, 4.69) is 24.0 Å². The van der Waals surface area contributed by atoms with Gasteiger partial charge in [-0.25, -0.2) is 4.79 Å². The van der Waals surface area contributed by atoms with E-state index >= 15 is 0 Å². The second-order valence-corrected chi connectivity index (χ2v) is 9.48. The molecule has 1 fully saturated rings. The van der Waals surface area contributed by atoms with Crippen molar-refractivity contribution in [3.8, 4) is 16.9 Å². The topological polar surface area (TPSA) is 67.9 Å². The van der Waals surface area contributed by atoms with Gasteiger partial charge in [-0.05, 0) is 48.8 Å². The first-order valence-electron chi connectivity index (χ1n) is 11.6. The van der Waals surface area contributed by atoms with Crippen molar-refractivity contribution >= 4 is 17.6 Å². The van der Waals surface area contributed by atoms with Gasteiger partial charge in [-0.1, -0.05) is 44.2 Å². The van der Waals surface area contributed by atoms with Crippen molar-refractivity contribution in [1.29, 1.82) is 0 Å². The van der Waals surface area contributed by atoms with E-state index in [0.29, 0.717) is 41.0 Å². The van der Waals surface area contributed by atoms with Gasteiger partial charge in [0.25, 0.3) is 5.91 Å². The summed E-state index contributed by atoms with van der Waals surface area (Å²) in [6.07, 6.45) is -0.741. The highest BCUT2D eigenvalue weighted by Crippen LogP contribution is 2.36. The van der Waals surface area contributed by atoms with Crippen molar-refractivity contribution in [1.82, 2.24) is 5.32 Å². The SMILES string of the molecule is CC(=O)N(OC(=O)C(F)(F)F)c1ccc(-c2ccccc2)c(OCCNC2CCC(C)(C)CC2)c1. The fourth-order valence-corrected chi connectivity index (χ4v) is 4.07. The number of anilines is 1. The third kappa shape index (κ3) is 7.45. The smallest absolute Gasteiger partial charge is 0.492 e. The van der Waals surface area contributed by atoms with Gasteiger partial charge in [0, 0.05) is 31.1 Å². The molecule has 1 saturated carbocycles. The Morgan fingerprint density at radius 1 is 1.09 bits per heavy atom. The zero-order valence-electron chi connectivity index (χ0n) is 20.2. The van der Waals surface area contributed by atoms with Crippen molar-refractivity contribution in [3.63, 3.8) is 0 Å². The number of nitrogens with one attached hydrogen (secondary N) is 1. The van der Waals surface area contributed by atoms with Gasteiger partial charge < -0.3 is 14.9 Å². The lowest BCUT2D eigenvalue weighted by Crippen LogP contribution is -2.38. The van der Waals surface area contributed by atoms with Crippen LogP contribution in [0.3, 0.4) is 0 Å². The van der Waals surface area contributed by atoms with E-state index in [0.717, 1.165) is 38.2 Å². The first-order chi connectivity index (χ1) is 16.5. The zero-order valence-corrected chi connectivity index (χ0v) is 20.2. The Morgan fingerprint density at radius 3 is 2.34 bits per heavy atom. The molecule has 0 heterocycles. The van der Waals surface area contributed by atoms with Crippen LogP contribution in [0.4, 0.5) is 18.9 Å². The summed E-state index contributed by atoms with van der Waals surface area (Å²) in [4.78, 5) is 27.7. The second-order valence-electron chi connectivity index (χ2n) is 9.48. The van der Waals surface area contributed by atoms with Gasteiger partial charge in [-0.3, -0.25) is 4.79 Å². The summed E-state index contributed by atoms with van der Waals surface area (Å²) in [6.45, 7) is 6.46. The maximum atomic E-state index is 12.7. The minimum Gasteiger partial charge on any atom is -0.492 e. The molecule has 190 valence electrons. The predicted octanol–water partition coefficient (Wildman–Crippen LogP) is 5.66. The molecule has 35 heavy (non-hydrogen) atoms. The van der Waals surface area contributed by atoms with Crippen molar-refractivity contribution in [2.75, 3.05) is 18.2 Å². The molecule has 1 aliphatic rings. The van der Waals surface area contributed by atoms with Crippen molar-refractivity contribution < 1.29 is 32.3 Å². The molecular weight excluding hydrogens is 461 g/mol. The molecule has 0 bridgehead atoms. The largest absolute Gasteiger partial charge is 0.493 e. The van der Waals surface area contributed by atoms with Crippen LogP contribution in [0.2, 0.25) is 0 Å². The van der Waals surface area contributed by atoms with Crippen LogP contribution in [0.25, 0.3) is 11.1 Å². The normalized spacial score (nSPS) is 15.9. The van der Waals surface area contributed by atoms with Crippen LogP contribution in [0.5, 0.6) is 5.75 Å². The van der Waals surface area contributed by atoms with Gasteiger partial charge in [0.1, 0.15) is 12.4 Å². The van der Waals surface area contributed by atoms with Crippen LogP contribution < -0.4 is 15.1 Å². The number of hydroxylamine groups is 1. The van der Waals surface area contributed by atoms with Crippen LogP contribution >= 0.6 is 0 Å². The Labute approximate surface area is 203 Å². The zero-order chi connectivity index (χ0) is 25.6. The number of amides is 1. The molecule has 6 nitrogen and oxygen atoms in total. The fourth-order valence-electron chi connectivity index (χ4n) is 4.07. The van der Waals surface area contributed by atoms with E-state index in [1.807, 2.05) is 30.3 Å². The second kappa shape index (κ2) is 11.1. The van der Waals surface area contributed by atoms with E-state index in [9.17, 15) is 22.8 Å². The molecular formula is C26H31F3N2O4. The summed E-state index contributed by atoms with van der Waals surface area (Å²) in [5, 5.41) is 3.82. The average molecular weight is 493 g/mol. The van der Waals surface area contributed by atoms with Gasteiger partial charge in [0.2, 0.25) is 0 Å². The Hall–Kier alpha value is -3.07. The minimum absolute atomic E-state index is 0.0488. The quantitative estimate of drug-likeness (QED) is 0.399. The van der Waals surface area contributed by atoms with Gasteiger partial charge in [-0.15, -0.1) is 5.06 Å². The molecule has 0 aliphatic heterocycles. The summed E-state index contributed by atoms with van der Waals surface area (Å²) in [7, 11) is 0. The Bertz CT molecular complexity index is 1020. The molecule has 2 aromatic rings. The third-order valence-corrected chi connectivity index (χ3v) is 6.11. The first-order valence-corrected chi connectivity index (χ1v) is 11.6. The summed E-state index contributed by atoms with van der Waals surface area (Å²) in [5.74, 6) is -3.01. The number of nitrogens with zero attached hydrogens (tertiary/aromatic N) is 1. The van der Waals surface area contributed by atoms with Gasteiger partial charge in [0.05, 0.1) is 5.69 Å². The van der Waals surface area contributed by atoms with Crippen LogP contribution in [-0.4, -0.2) is 37.2 Å². The summed E-state index contributed by atoms with van der Waals surface area (Å²) < 4.78 is 44.1. The van der Waals surface area contributed by atoms with Gasteiger partial charge in [-0.2, -0.15) is 13.2 Å². The van der Waals surface area contributed by atoms with Crippen LogP contribution in [0, 0.1) is 5.41 Å². The number of hydrogen-bond acceptors (Lipinski definition) is 5. The van der Waals surface area contributed by atoms with Gasteiger partial charge >= 0.3 is 12.1 Å². The standard InChI is InChI=1S/C26H31F3N2O4/c1-18(32)31(35-24(33)26(27,28)29)21-9-10-22(19-7-5-4-6-8-19)23(17-21)34-16-15-30-20-11-13-25(2,3)14-12-20/h4-10,17,20,30H,11-16H2,1-3H3. The average Bonchev–Trinajstić information content (AvgIpc) is 2.80. The lowest BCUT2D eigenvalue weighted by atomic mass is 9.75. The molecule has 1 amide bonds. The first kappa shape index (κ1) is 26.5. The number of alkyl halides is 3. The Balaban J connectivity index is 1.76. The maximum absolute atomic E-state index is 12.7. The molecule has 0 unspecified atom stereocenters. The van der Waals surface area contributed by atoms with E-state index in [-0.39, 0.29) is 5.69 Å². The number of carbonyl (C=O) groups is 2. The lowest BCUT2D eigenvalue weighted by molar-refractivity contribution is -0.201.